The fourth-order valence-corrected chi connectivity index (χ4v) is 3.58. The van der Waals surface area contributed by atoms with Crippen LogP contribution in [-0.4, -0.2) is 21.0 Å². The molecule has 0 bridgehead atoms. The third kappa shape index (κ3) is 4.65. The Kier molecular flexibility index (Phi) is 5.89. The van der Waals surface area contributed by atoms with Crippen molar-refractivity contribution in [1.82, 2.24) is 0 Å². The van der Waals surface area contributed by atoms with Gasteiger partial charge >= 0.3 is 0 Å². The van der Waals surface area contributed by atoms with E-state index in [2.05, 4.69) is 48.5 Å². The fourth-order valence-electron chi connectivity index (χ4n) is 3.58. The van der Waals surface area contributed by atoms with Gasteiger partial charge in [0.1, 0.15) is 0 Å². The lowest BCUT2D eigenvalue weighted by molar-refractivity contribution is 0.174. The van der Waals surface area contributed by atoms with Crippen LogP contribution in [0.3, 0.4) is 0 Å². The number of hydrogen-bond donors (Lipinski definition) is 0. The lowest BCUT2D eigenvalue weighted by atomic mass is 10.00. The van der Waals surface area contributed by atoms with Crippen molar-refractivity contribution in [3.8, 4) is 23.0 Å². The van der Waals surface area contributed by atoms with Gasteiger partial charge in [0.25, 0.3) is 0 Å². The van der Waals surface area contributed by atoms with Crippen LogP contribution in [-0.2, 0) is 25.7 Å². The van der Waals surface area contributed by atoms with Crippen molar-refractivity contribution in [3.63, 3.8) is 0 Å². The van der Waals surface area contributed by atoms with Gasteiger partial charge < -0.3 is 18.9 Å². The molecule has 4 nitrogen and oxygen atoms in total. The number of benzene rings is 3. The molecule has 29 heavy (non-hydrogen) atoms. The van der Waals surface area contributed by atoms with Crippen molar-refractivity contribution >= 4 is 0 Å². The normalized spacial score (nSPS) is 12.1. The summed E-state index contributed by atoms with van der Waals surface area (Å²) in [6.07, 6.45) is 3.96. The van der Waals surface area contributed by atoms with E-state index < -0.39 is 0 Å². The Labute approximate surface area is 172 Å². The first kappa shape index (κ1) is 19.2. The Morgan fingerprint density at radius 2 is 1.10 bits per heavy atom. The minimum absolute atomic E-state index is 0.323. The summed E-state index contributed by atoms with van der Waals surface area (Å²) in [4.78, 5) is 0. The third-order valence-corrected chi connectivity index (χ3v) is 5.31. The second kappa shape index (κ2) is 8.91. The second-order valence-electron chi connectivity index (χ2n) is 7.19. The summed E-state index contributed by atoms with van der Waals surface area (Å²) in [5.41, 5.74) is 5.20. The topological polar surface area (TPSA) is 36.9 Å². The number of rotatable bonds is 8. The zero-order valence-electron chi connectivity index (χ0n) is 16.9. The molecule has 1 aliphatic heterocycles. The van der Waals surface area contributed by atoms with Gasteiger partial charge in [0.2, 0.25) is 6.79 Å². The van der Waals surface area contributed by atoms with E-state index in [1.54, 1.807) is 14.2 Å². The molecule has 0 amide bonds. The molecule has 0 saturated heterocycles. The molecule has 0 aliphatic carbocycles. The first-order valence-corrected chi connectivity index (χ1v) is 9.92. The predicted molar refractivity (Wildman–Crippen MR) is 113 cm³/mol. The van der Waals surface area contributed by atoms with Crippen molar-refractivity contribution in [1.29, 1.82) is 0 Å². The molecule has 1 aliphatic rings. The van der Waals surface area contributed by atoms with E-state index in [0.717, 1.165) is 48.7 Å². The predicted octanol–water partition coefficient (Wildman–Crippen LogP) is 5.00. The van der Waals surface area contributed by atoms with Crippen molar-refractivity contribution in [2.45, 2.75) is 25.7 Å². The Morgan fingerprint density at radius 3 is 1.76 bits per heavy atom. The molecule has 3 aromatic rings. The Balaban J connectivity index is 1.31. The standard InChI is InChI=1S/C25H26O4/c1-26-22-13-11-20(15-24(22)27-2)9-7-18-3-5-19(6-4-18)8-10-21-12-14-23-25(16-21)29-17-28-23/h3-6,11-16H,7-10,17H2,1-2H3. The molecule has 0 fully saturated rings. The number of hydrogen-bond acceptors (Lipinski definition) is 4. The van der Waals surface area contributed by atoms with Crippen molar-refractivity contribution in [3.05, 3.63) is 82.9 Å². The van der Waals surface area contributed by atoms with Crippen LogP contribution < -0.4 is 18.9 Å². The zero-order chi connectivity index (χ0) is 20.1. The zero-order valence-corrected chi connectivity index (χ0v) is 16.9. The van der Waals surface area contributed by atoms with E-state index in [1.807, 2.05) is 12.1 Å². The summed E-state index contributed by atoms with van der Waals surface area (Å²) in [6.45, 7) is 0.323. The highest BCUT2D eigenvalue weighted by atomic mass is 16.7. The largest absolute Gasteiger partial charge is 0.493 e. The molecule has 0 radical (unpaired) electrons. The summed E-state index contributed by atoms with van der Waals surface area (Å²) >= 11 is 0. The molecular weight excluding hydrogens is 364 g/mol. The molecule has 4 heteroatoms. The summed E-state index contributed by atoms with van der Waals surface area (Å²) in [5.74, 6) is 3.24. The third-order valence-electron chi connectivity index (χ3n) is 5.31. The van der Waals surface area contributed by atoms with E-state index in [0.29, 0.717) is 6.79 Å². The Bertz CT molecular complexity index is 963. The summed E-state index contributed by atoms with van der Waals surface area (Å²) < 4.78 is 21.5. The fraction of sp³-hybridized carbons (Fsp3) is 0.280. The minimum Gasteiger partial charge on any atom is -0.493 e. The minimum atomic E-state index is 0.323. The molecule has 0 N–H and O–H groups in total. The maximum absolute atomic E-state index is 5.46. The van der Waals surface area contributed by atoms with E-state index in [1.165, 1.54) is 22.3 Å². The smallest absolute Gasteiger partial charge is 0.231 e. The quantitative estimate of drug-likeness (QED) is 0.542. The maximum atomic E-state index is 5.46. The van der Waals surface area contributed by atoms with Gasteiger partial charge in [0.15, 0.2) is 23.0 Å². The van der Waals surface area contributed by atoms with Crippen molar-refractivity contribution < 1.29 is 18.9 Å². The lowest BCUT2D eigenvalue weighted by Gasteiger charge is -2.10. The van der Waals surface area contributed by atoms with Gasteiger partial charge in [-0.2, -0.15) is 0 Å². The van der Waals surface area contributed by atoms with Crippen LogP contribution in [0.2, 0.25) is 0 Å². The van der Waals surface area contributed by atoms with Crippen LogP contribution in [0.15, 0.2) is 60.7 Å². The maximum Gasteiger partial charge on any atom is 0.231 e. The van der Waals surface area contributed by atoms with Crippen molar-refractivity contribution in [2.24, 2.45) is 0 Å². The van der Waals surface area contributed by atoms with Crippen LogP contribution in [0.5, 0.6) is 23.0 Å². The highest BCUT2D eigenvalue weighted by Crippen LogP contribution is 2.33. The van der Waals surface area contributed by atoms with Gasteiger partial charge in [-0.05, 0) is 72.2 Å². The highest BCUT2D eigenvalue weighted by Gasteiger charge is 2.13. The van der Waals surface area contributed by atoms with Gasteiger partial charge in [-0.3, -0.25) is 0 Å². The summed E-state index contributed by atoms with van der Waals surface area (Å²) in [5, 5.41) is 0. The van der Waals surface area contributed by atoms with Crippen LogP contribution in [0.4, 0.5) is 0 Å². The van der Waals surface area contributed by atoms with Crippen LogP contribution in [0, 0.1) is 0 Å². The summed E-state index contributed by atoms with van der Waals surface area (Å²) in [6, 6.07) is 21.2. The Hall–Kier alpha value is -3.14. The SMILES string of the molecule is COc1ccc(CCc2ccc(CCc3ccc4c(c3)OCO4)cc2)cc1OC. The number of aryl methyl sites for hydroxylation is 4. The first-order valence-electron chi connectivity index (χ1n) is 9.92. The summed E-state index contributed by atoms with van der Waals surface area (Å²) in [7, 11) is 3.33. The van der Waals surface area contributed by atoms with Gasteiger partial charge in [0, 0.05) is 0 Å². The molecule has 0 saturated carbocycles. The number of fused-ring (bicyclic) bond motifs is 1. The number of ether oxygens (including phenoxy) is 4. The molecular formula is C25H26O4. The Morgan fingerprint density at radius 1 is 0.586 bits per heavy atom. The van der Waals surface area contributed by atoms with Crippen LogP contribution >= 0.6 is 0 Å². The monoisotopic (exact) mass is 390 g/mol. The molecule has 0 spiro atoms. The molecule has 4 rings (SSSR count). The molecule has 1 heterocycles. The molecule has 0 unspecified atom stereocenters. The molecule has 150 valence electrons. The molecule has 3 aromatic carbocycles. The first-order chi connectivity index (χ1) is 14.2. The van der Waals surface area contributed by atoms with Gasteiger partial charge in [-0.1, -0.05) is 36.4 Å². The number of methoxy groups -OCH3 is 2. The van der Waals surface area contributed by atoms with Gasteiger partial charge in [-0.15, -0.1) is 0 Å². The van der Waals surface area contributed by atoms with E-state index in [4.69, 9.17) is 18.9 Å². The van der Waals surface area contributed by atoms with E-state index >= 15 is 0 Å². The average molecular weight is 390 g/mol. The van der Waals surface area contributed by atoms with Crippen molar-refractivity contribution in [2.75, 3.05) is 21.0 Å². The van der Waals surface area contributed by atoms with Crippen LogP contribution in [0.1, 0.15) is 22.3 Å². The average Bonchev–Trinajstić information content (AvgIpc) is 3.24. The molecule has 0 atom stereocenters. The van der Waals surface area contributed by atoms with E-state index in [9.17, 15) is 0 Å². The van der Waals surface area contributed by atoms with Gasteiger partial charge in [0.05, 0.1) is 14.2 Å². The van der Waals surface area contributed by atoms with E-state index in [-0.39, 0.29) is 0 Å². The lowest BCUT2D eigenvalue weighted by Crippen LogP contribution is -1.96. The van der Waals surface area contributed by atoms with Crippen LogP contribution in [0.25, 0.3) is 0 Å². The molecule has 0 aromatic heterocycles. The van der Waals surface area contributed by atoms with Gasteiger partial charge in [-0.25, -0.2) is 0 Å². The highest BCUT2D eigenvalue weighted by molar-refractivity contribution is 5.45. The second-order valence-corrected chi connectivity index (χ2v) is 7.19.